The van der Waals surface area contributed by atoms with Crippen LogP contribution in [-0.2, 0) is 0 Å². The Bertz CT molecular complexity index is 1100. The van der Waals surface area contributed by atoms with Crippen LogP contribution in [0, 0.1) is 11.6 Å². The van der Waals surface area contributed by atoms with E-state index in [0.717, 1.165) is 51.6 Å². The number of benzene rings is 2. The van der Waals surface area contributed by atoms with Gasteiger partial charge >= 0.3 is 0 Å². The first-order valence-corrected chi connectivity index (χ1v) is 12.1. The smallest absolute Gasteiger partial charge is 0.251 e. The Kier molecular flexibility index (Phi) is 7.72. The van der Waals surface area contributed by atoms with E-state index < -0.39 is 11.6 Å². The number of thiazole rings is 1. The molecule has 4 rings (SSSR count). The summed E-state index contributed by atoms with van der Waals surface area (Å²) in [5.74, 6) is -0.610. The van der Waals surface area contributed by atoms with Crippen molar-refractivity contribution in [1.82, 2.24) is 15.2 Å². The van der Waals surface area contributed by atoms with Gasteiger partial charge in [0.25, 0.3) is 5.91 Å². The van der Waals surface area contributed by atoms with Gasteiger partial charge in [0.1, 0.15) is 17.1 Å². The Balaban J connectivity index is 1.23. The largest absolute Gasteiger partial charge is 0.494 e. The number of rotatable bonds is 9. The molecule has 9 heteroatoms. The number of amides is 1. The first-order valence-electron chi connectivity index (χ1n) is 11.3. The van der Waals surface area contributed by atoms with Crippen LogP contribution >= 0.6 is 11.3 Å². The van der Waals surface area contributed by atoms with Crippen LogP contribution in [-0.4, -0.2) is 61.7 Å². The predicted octanol–water partition coefficient (Wildman–Crippen LogP) is 4.31. The Hall–Kier alpha value is -2.78. The highest BCUT2D eigenvalue weighted by Gasteiger charge is 2.21. The lowest BCUT2D eigenvalue weighted by Crippen LogP contribution is -2.48. The van der Waals surface area contributed by atoms with Gasteiger partial charge in [-0.2, -0.15) is 0 Å². The summed E-state index contributed by atoms with van der Waals surface area (Å²) in [6, 6.07) is 9.45. The summed E-state index contributed by atoms with van der Waals surface area (Å²) in [6.07, 6.45) is 2.05. The summed E-state index contributed by atoms with van der Waals surface area (Å²) in [5.41, 5.74) is 0.815. The van der Waals surface area contributed by atoms with Crippen LogP contribution in [0.1, 0.15) is 30.1 Å². The molecule has 1 N–H and O–H groups in total. The number of anilines is 1. The molecule has 0 unspecified atom stereocenters. The Labute approximate surface area is 196 Å². The molecule has 2 aromatic carbocycles. The number of hydrogen-bond donors (Lipinski definition) is 1. The quantitative estimate of drug-likeness (QED) is 0.469. The molecule has 3 aromatic rings. The van der Waals surface area contributed by atoms with Crippen LogP contribution in [0.25, 0.3) is 10.2 Å². The molecule has 1 aromatic heterocycles. The zero-order valence-electron chi connectivity index (χ0n) is 18.7. The molecule has 1 aliphatic rings. The van der Waals surface area contributed by atoms with Gasteiger partial charge in [0.15, 0.2) is 10.9 Å². The van der Waals surface area contributed by atoms with E-state index >= 15 is 0 Å². The lowest BCUT2D eigenvalue weighted by atomic mass is 10.2. The molecule has 1 aliphatic heterocycles. The zero-order chi connectivity index (χ0) is 23.2. The second-order valence-electron chi connectivity index (χ2n) is 8.05. The van der Waals surface area contributed by atoms with Crippen molar-refractivity contribution in [2.24, 2.45) is 0 Å². The van der Waals surface area contributed by atoms with E-state index in [1.807, 2.05) is 12.1 Å². The fourth-order valence-corrected chi connectivity index (χ4v) is 4.79. The molecule has 0 radical (unpaired) electrons. The molecule has 1 amide bonds. The average molecular weight is 475 g/mol. The maximum atomic E-state index is 13.9. The molecule has 6 nitrogen and oxygen atoms in total. The number of hydrogen-bond acceptors (Lipinski definition) is 6. The van der Waals surface area contributed by atoms with Crippen molar-refractivity contribution < 1.29 is 18.3 Å². The van der Waals surface area contributed by atoms with Crippen molar-refractivity contribution >= 4 is 32.6 Å². The van der Waals surface area contributed by atoms with Gasteiger partial charge in [0.05, 0.1) is 11.3 Å². The summed E-state index contributed by atoms with van der Waals surface area (Å²) in [6.45, 7) is 7.15. The van der Waals surface area contributed by atoms with Gasteiger partial charge in [0.2, 0.25) is 0 Å². The van der Waals surface area contributed by atoms with Crippen molar-refractivity contribution in [1.29, 1.82) is 0 Å². The second-order valence-corrected chi connectivity index (χ2v) is 9.05. The van der Waals surface area contributed by atoms with Crippen LogP contribution < -0.4 is 15.0 Å². The minimum atomic E-state index is -0.625. The van der Waals surface area contributed by atoms with Crippen molar-refractivity contribution in [2.75, 3.05) is 50.8 Å². The Morgan fingerprint density at radius 3 is 2.79 bits per heavy atom. The molecule has 1 fully saturated rings. The SMILES string of the molecule is CCCCOc1cccc(C(=O)NCCN2CCN(c3nc4c(F)cc(F)cc4s3)CC2)c1. The van der Waals surface area contributed by atoms with Crippen LogP contribution in [0.3, 0.4) is 0 Å². The van der Waals surface area contributed by atoms with Crippen molar-refractivity contribution in [3.05, 3.63) is 53.6 Å². The summed E-state index contributed by atoms with van der Waals surface area (Å²) in [4.78, 5) is 21.2. The number of halogens is 2. The number of carbonyl (C=O) groups is 1. The van der Waals surface area contributed by atoms with Gasteiger partial charge in [0, 0.05) is 50.9 Å². The lowest BCUT2D eigenvalue weighted by Gasteiger charge is -2.34. The standard InChI is InChI=1S/C24H28F2N4O2S/c1-2-3-13-32-19-6-4-5-17(14-19)23(31)27-7-8-29-9-11-30(12-10-29)24-28-22-20(26)15-18(25)16-21(22)33-24/h4-6,14-16H,2-3,7-13H2,1H3,(H,27,31). The zero-order valence-corrected chi connectivity index (χ0v) is 19.5. The molecule has 33 heavy (non-hydrogen) atoms. The molecule has 2 heterocycles. The number of fused-ring (bicyclic) bond motifs is 1. The van der Waals surface area contributed by atoms with E-state index in [-0.39, 0.29) is 11.4 Å². The molecular weight excluding hydrogens is 446 g/mol. The topological polar surface area (TPSA) is 57.7 Å². The number of carbonyl (C=O) groups excluding carboxylic acids is 1. The fourth-order valence-electron chi connectivity index (χ4n) is 3.73. The molecule has 1 saturated heterocycles. The first-order chi connectivity index (χ1) is 16.0. The van der Waals surface area contributed by atoms with E-state index in [2.05, 4.69) is 27.0 Å². The monoisotopic (exact) mass is 474 g/mol. The summed E-state index contributed by atoms with van der Waals surface area (Å²) in [7, 11) is 0. The molecule has 0 saturated carbocycles. The number of piperazine rings is 1. The summed E-state index contributed by atoms with van der Waals surface area (Å²) >= 11 is 1.31. The van der Waals surface area contributed by atoms with Gasteiger partial charge in [-0.15, -0.1) is 0 Å². The van der Waals surface area contributed by atoms with E-state index in [1.165, 1.54) is 17.4 Å². The highest BCUT2D eigenvalue weighted by molar-refractivity contribution is 7.22. The first kappa shape index (κ1) is 23.4. The second kappa shape index (κ2) is 10.9. The summed E-state index contributed by atoms with van der Waals surface area (Å²) < 4.78 is 33.6. The molecule has 176 valence electrons. The van der Waals surface area contributed by atoms with Gasteiger partial charge in [-0.05, 0) is 30.7 Å². The highest BCUT2D eigenvalue weighted by atomic mass is 32.1. The Morgan fingerprint density at radius 2 is 2.00 bits per heavy atom. The minimum absolute atomic E-state index is 0.113. The molecule has 0 aliphatic carbocycles. The van der Waals surface area contributed by atoms with Crippen molar-refractivity contribution in [3.63, 3.8) is 0 Å². The fraction of sp³-hybridized carbons (Fsp3) is 0.417. The molecule has 0 bridgehead atoms. The third-order valence-electron chi connectivity index (χ3n) is 5.62. The van der Waals surface area contributed by atoms with Crippen molar-refractivity contribution in [2.45, 2.75) is 19.8 Å². The molecule has 0 atom stereocenters. The van der Waals surface area contributed by atoms with Crippen LogP contribution in [0.2, 0.25) is 0 Å². The number of ether oxygens (including phenoxy) is 1. The molecule has 0 spiro atoms. The third kappa shape index (κ3) is 5.97. The van der Waals surface area contributed by atoms with Crippen molar-refractivity contribution in [3.8, 4) is 5.75 Å². The number of nitrogens with zero attached hydrogens (tertiary/aromatic N) is 3. The van der Waals surface area contributed by atoms with E-state index in [9.17, 15) is 13.6 Å². The predicted molar refractivity (Wildman–Crippen MR) is 127 cm³/mol. The van der Waals surface area contributed by atoms with Gasteiger partial charge in [-0.3, -0.25) is 9.69 Å². The number of nitrogens with one attached hydrogen (secondary N) is 1. The van der Waals surface area contributed by atoms with Crippen LogP contribution in [0.15, 0.2) is 36.4 Å². The summed E-state index contributed by atoms with van der Waals surface area (Å²) in [5, 5.41) is 3.69. The highest BCUT2D eigenvalue weighted by Crippen LogP contribution is 2.31. The van der Waals surface area contributed by atoms with E-state index in [4.69, 9.17) is 4.74 Å². The van der Waals surface area contributed by atoms with Crippen LogP contribution in [0.5, 0.6) is 5.75 Å². The van der Waals surface area contributed by atoms with Gasteiger partial charge in [-0.1, -0.05) is 30.7 Å². The minimum Gasteiger partial charge on any atom is -0.494 e. The lowest BCUT2D eigenvalue weighted by molar-refractivity contribution is 0.0947. The number of aromatic nitrogens is 1. The van der Waals surface area contributed by atoms with Gasteiger partial charge < -0.3 is 15.0 Å². The maximum absolute atomic E-state index is 13.9. The average Bonchev–Trinajstić information content (AvgIpc) is 3.24. The maximum Gasteiger partial charge on any atom is 0.251 e. The number of unbranched alkanes of at least 4 members (excludes halogenated alkanes) is 1. The van der Waals surface area contributed by atoms with Gasteiger partial charge in [-0.25, -0.2) is 13.8 Å². The van der Waals surface area contributed by atoms with Crippen LogP contribution in [0.4, 0.5) is 13.9 Å². The van der Waals surface area contributed by atoms with E-state index in [0.29, 0.717) is 34.3 Å². The normalized spacial score (nSPS) is 14.6. The Morgan fingerprint density at radius 1 is 1.18 bits per heavy atom. The third-order valence-corrected chi connectivity index (χ3v) is 6.68. The molecular formula is C24H28F2N4O2S. The van der Waals surface area contributed by atoms with E-state index in [1.54, 1.807) is 12.1 Å².